The summed E-state index contributed by atoms with van der Waals surface area (Å²) >= 11 is 0. The molecule has 0 aliphatic carbocycles. The lowest BCUT2D eigenvalue weighted by Crippen LogP contribution is -2.43. The molecule has 200 valence electrons. The number of hydrogen-bond donors (Lipinski definition) is 2. The molecule has 12 heteroatoms. The summed E-state index contributed by atoms with van der Waals surface area (Å²) in [5.74, 6) is -3.35. The largest absolute Gasteiger partial charge is 0.367 e. The smallest absolute Gasteiger partial charge is 0.269 e. The van der Waals surface area contributed by atoms with E-state index in [1.165, 1.54) is 10.6 Å². The lowest BCUT2D eigenvalue weighted by atomic mass is 10.0. The highest BCUT2D eigenvalue weighted by molar-refractivity contribution is 5.86. The van der Waals surface area contributed by atoms with Crippen LogP contribution in [0.15, 0.2) is 41.3 Å². The van der Waals surface area contributed by atoms with Gasteiger partial charge in [0.2, 0.25) is 5.95 Å². The van der Waals surface area contributed by atoms with Crippen LogP contribution in [0.5, 0.6) is 0 Å². The van der Waals surface area contributed by atoms with Crippen molar-refractivity contribution in [1.29, 1.82) is 5.26 Å². The molecular formula is C27H23F4N7O. The van der Waals surface area contributed by atoms with E-state index in [2.05, 4.69) is 20.6 Å². The molecule has 0 atom stereocenters. The third-order valence-electron chi connectivity index (χ3n) is 6.50. The topological polar surface area (TPSA) is 98.9 Å². The molecule has 0 saturated carbocycles. The van der Waals surface area contributed by atoms with Crippen molar-refractivity contribution in [2.24, 2.45) is 0 Å². The molecule has 2 aromatic heterocycles. The van der Waals surface area contributed by atoms with E-state index in [0.29, 0.717) is 26.2 Å². The van der Waals surface area contributed by atoms with Crippen molar-refractivity contribution >= 4 is 28.2 Å². The highest BCUT2D eigenvalue weighted by atomic mass is 19.1. The summed E-state index contributed by atoms with van der Waals surface area (Å²) in [5, 5.41) is 15.0. The Morgan fingerprint density at radius 3 is 2.44 bits per heavy atom. The third-order valence-corrected chi connectivity index (χ3v) is 6.50. The Kier molecular flexibility index (Phi) is 6.93. The van der Waals surface area contributed by atoms with Gasteiger partial charge in [0.15, 0.2) is 5.82 Å². The first-order valence-corrected chi connectivity index (χ1v) is 12.2. The van der Waals surface area contributed by atoms with Crippen LogP contribution in [0.4, 0.5) is 34.9 Å². The van der Waals surface area contributed by atoms with Crippen LogP contribution in [-0.2, 0) is 0 Å². The summed E-state index contributed by atoms with van der Waals surface area (Å²) in [4.78, 5) is 22.4. The van der Waals surface area contributed by atoms with Gasteiger partial charge in [-0.1, -0.05) is 0 Å². The quantitative estimate of drug-likeness (QED) is 0.359. The molecule has 0 radical (unpaired) electrons. The number of nitrogens with one attached hydrogen (secondary N) is 2. The van der Waals surface area contributed by atoms with Gasteiger partial charge in [0.1, 0.15) is 34.8 Å². The molecule has 1 aliphatic rings. The molecular weight excluding hydrogens is 514 g/mol. The van der Waals surface area contributed by atoms with E-state index >= 15 is 4.39 Å². The Morgan fingerprint density at radius 2 is 1.74 bits per heavy atom. The van der Waals surface area contributed by atoms with Crippen LogP contribution in [0.2, 0.25) is 0 Å². The molecule has 8 nitrogen and oxygen atoms in total. The molecule has 2 N–H and O–H groups in total. The monoisotopic (exact) mass is 537 g/mol. The maximum Gasteiger partial charge on any atom is 0.269 e. The van der Waals surface area contributed by atoms with Gasteiger partial charge >= 0.3 is 0 Å². The Balaban J connectivity index is 1.55. The molecule has 0 amide bonds. The second-order valence-electron chi connectivity index (χ2n) is 9.37. The SMILES string of the molecule is CC(C)n1c(=O)c(C#N)cc2c(F)cc(-c3nc(Nc4cc(F)c(N5CCNCC5)cc4F)ncc3F)cc21. The third kappa shape index (κ3) is 4.88. The molecule has 0 spiro atoms. The number of anilines is 3. The second kappa shape index (κ2) is 10.3. The van der Waals surface area contributed by atoms with Crippen LogP contribution in [0.25, 0.3) is 22.2 Å². The van der Waals surface area contributed by atoms with Crippen LogP contribution >= 0.6 is 0 Å². The van der Waals surface area contributed by atoms with Crippen LogP contribution in [0.1, 0.15) is 25.5 Å². The molecule has 1 saturated heterocycles. The van der Waals surface area contributed by atoms with Crippen molar-refractivity contribution in [3.8, 4) is 17.3 Å². The first-order chi connectivity index (χ1) is 18.7. The zero-order valence-corrected chi connectivity index (χ0v) is 21.0. The number of benzene rings is 2. The van der Waals surface area contributed by atoms with Crippen molar-refractivity contribution in [1.82, 2.24) is 19.9 Å². The normalized spacial score (nSPS) is 13.6. The minimum absolute atomic E-state index is 0.0119. The first kappa shape index (κ1) is 26.1. The summed E-state index contributed by atoms with van der Waals surface area (Å²) in [6.45, 7) is 5.74. The summed E-state index contributed by atoms with van der Waals surface area (Å²) in [5.41, 5.74) is -1.15. The van der Waals surface area contributed by atoms with Crippen LogP contribution < -0.4 is 21.1 Å². The zero-order valence-electron chi connectivity index (χ0n) is 21.0. The molecule has 39 heavy (non-hydrogen) atoms. The number of fused-ring (bicyclic) bond motifs is 1. The van der Waals surface area contributed by atoms with Gasteiger partial charge in [-0.15, -0.1) is 0 Å². The molecule has 3 heterocycles. The number of nitriles is 1. The van der Waals surface area contributed by atoms with E-state index in [-0.39, 0.29) is 45.0 Å². The fourth-order valence-corrected chi connectivity index (χ4v) is 4.65. The number of pyridine rings is 1. The number of halogens is 4. The van der Waals surface area contributed by atoms with Gasteiger partial charge in [-0.2, -0.15) is 5.26 Å². The van der Waals surface area contributed by atoms with Crippen LogP contribution in [0.3, 0.4) is 0 Å². The second-order valence-corrected chi connectivity index (χ2v) is 9.37. The van der Waals surface area contributed by atoms with Gasteiger partial charge in [0, 0.05) is 55.3 Å². The van der Waals surface area contributed by atoms with Gasteiger partial charge in [0.05, 0.1) is 23.1 Å². The Hall–Kier alpha value is -4.50. The highest BCUT2D eigenvalue weighted by Crippen LogP contribution is 2.31. The first-order valence-electron chi connectivity index (χ1n) is 12.2. The zero-order chi connectivity index (χ0) is 27.8. The van der Waals surface area contributed by atoms with Gasteiger partial charge in [-0.25, -0.2) is 27.5 Å². The maximum absolute atomic E-state index is 15.2. The van der Waals surface area contributed by atoms with Crippen LogP contribution in [-0.4, -0.2) is 40.7 Å². The van der Waals surface area contributed by atoms with Gasteiger partial charge in [-0.05, 0) is 32.0 Å². The highest BCUT2D eigenvalue weighted by Gasteiger charge is 2.20. The Labute approximate surface area is 220 Å². The number of rotatable bonds is 5. The van der Waals surface area contributed by atoms with E-state index in [4.69, 9.17) is 0 Å². The number of nitrogens with zero attached hydrogens (tertiary/aromatic N) is 5. The van der Waals surface area contributed by atoms with Crippen molar-refractivity contribution in [3.63, 3.8) is 0 Å². The molecule has 4 aromatic rings. The van der Waals surface area contributed by atoms with E-state index in [9.17, 15) is 23.2 Å². The lowest BCUT2D eigenvalue weighted by molar-refractivity contribution is 0.559. The summed E-state index contributed by atoms with van der Waals surface area (Å²) in [7, 11) is 0. The predicted octanol–water partition coefficient (Wildman–Crippen LogP) is 4.62. The number of hydrogen-bond acceptors (Lipinski definition) is 7. The minimum atomic E-state index is -0.896. The van der Waals surface area contributed by atoms with Crippen molar-refractivity contribution in [3.05, 3.63) is 75.7 Å². The molecule has 0 bridgehead atoms. The molecule has 1 fully saturated rings. The Bertz CT molecular complexity index is 1690. The minimum Gasteiger partial charge on any atom is -0.367 e. The summed E-state index contributed by atoms with van der Waals surface area (Å²) in [6.07, 6.45) is 0.824. The van der Waals surface area contributed by atoms with Crippen molar-refractivity contribution in [2.75, 3.05) is 36.4 Å². The van der Waals surface area contributed by atoms with Gasteiger partial charge in [-0.3, -0.25) is 4.79 Å². The molecule has 0 unspecified atom stereocenters. The fraction of sp³-hybridized carbons (Fsp3) is 0.259. The van der Waals surface area contributed by atoms with E-state index in [1.807, 2.05) is 0 Å². The van der Waals surface area contributed by atoms with Crippen molar-refractivity contribution < 1.29 is 17.6 Å². The Morgan fingerprint density at radius 1 is 1.00 bits per heavy atom. The molecule has 5 rings (SSSR count). The fourth-order valence-electron chi connectivity index (χ4n) is 4.65. The van der Waals surface area contributed by atoms with E-state index < -0.39 is 34.9 Å². The van der Waals surface area contributed by atoms with Crippen LogP contribution in [0, 0.1) is 34.6 Å². The molecule has 1 aliphatic heterocycles. The maximum atomic E-state index is 15.2. The number of aromatic nitrogens is 3. The average Bonchev–Trinajstić information content (AvgIpc) is 2.91. The standard InChI is InChI=1S/C27H23F4N7O/c1-14(2)38-23-9-15(8-18(28)17(23)7-16(12-32)26(38)39)25-21(31)13-34-27(36-25)35-22-10-20(30)24(11-19(22)29)37-5-3-33-4-6-37/h7-11,13-14,33H,3-6H2,1-2H3,(H,34,35,36). The van der Waals surface area contributed by atoms with E-state index in [1.54, 1.807) is 24.8 Å². The molecule has 2 aromatic carbocycles. The van der Waals surface area contributed by atoms with Crippen molar-refractivity contribution in [2.45, 2.75) is 19.9 Å². The summed E-state index contributed by atoms with van der Waals surface area (Å²) < 4.78 is 61.1. The summed E-state index contributed by atoms with van der Waals surface area (Å²) in [6, 6.07) is 6.96. The average molecular weight is 538 g/mol. The predicted molar refractivity (Wildman–Crippen MR) is 139 cm³/mol. The number of piperazine rings is 1. The van der Waals surface area contributed by atoms with Gasteiger partial charge in [0.25, 0.3) is 5.56 Å². The lowest BCUT2D eigenvalue weighted by Gasteiger charge is -2.30. The van der Waals surface area contributed by atoms with Gasteiger partial charge < -0.3 is 20.1 Å². The van der Waals surface area contributed by atoms with E-state index in [0.717, 1.165) is 30.5 Å².